The van der Waals surface area contributed by atoms with Crippen molar-refractivity contribution in [3.05, 3.63) is 17.8 Å². The summed E-state index contributed by atoms with van der Waals surface area (Å²) in [5.41, 5.74) is 5.11. The maximum absolute atomic E-state index is 11.2. The fraction of sp³-hybridized carbons (Fsp3) is 0.400. The molecule has 0 aliphatic rings. The molecule has 1 aromatic rings. The molecule has 0 spiro atoms. The summed E-state index contributed by atoms with van der Waals surface area (Å²) in [5.74, 6) is -0.532. The molecule has 1 amide bonds. The van der Waals surface area contributed by atoms with Crippen LogP contribution in [0.5, 0.6) is 0 Å². The fourth-order valence-corrected chi connectivity index (χ4v) is 1.14. The Morgan fingerprint density at radius 2 is 2.12 bits per heavy atom. The number of rotatable bonds is 5. The van der Waals surface area contributed by atoms with E-state index in [-0.39, 0.29) is 18.2 Å². The van der Waals surface area contributed by atoms with Gasteiger partial charge in [0.2, 0.25) is 0 Å². The third-order valence-corrected chi connectivity index (χ3v) is 1.97. The van der Waals surface area contributed by atoms with Gasteiger partial charge in [-0.15, -0.1) is 10.2 Å². The van der Waals surface area contributed by atoms with Gasteiger partial charge in [-0.1, -0.05) is 0 Å². The number of esters is 1. The van der Waals surface area contributed by atoms with E-state index in [2.05, 4.69) is 10.2 Å². The van der Waals surface area contributed by atoms with Crippen molar-refractivity contribution in [3.8, 4) is 0 Å². The van der Waals surface area contributed by atoms with Crippen LogP contribution in [0.2, 0.25) is 0 Å². The Morgan fingerprint density at radius 1 is 1.41 bits per heavy atom. The molecule has 0 aliphatic carbocycles. The van der Waals surface area contributed by atoms with Crippen molar-refractivity contribution in [2.45, 2.75) is 6.92 Å². The lowest BCUT2D eigenvalue weighted by atomic mass is 10.3. The van der Waals surface area contributed by atoms with Gasteiger partial charge in [-0.2, -0.15) is 0 Å². The number of nitrogens with zero attached hydrogens (tertiary/aromatic N) is 3. The lowest BCUT2D eigenvalue weighted by Gasteiger charge is -2.15. The molecule has 1 rings (SSSR count). The van der Waals surface area contributed by atoms with E-state index in [1.807, 2.05) is 0 Å². The zero-order valence-corrected chi connectivity index (χ0v) is 9.71. The summed E-state index contributed by atoms with van der Waals surface area (Å²) in [6, 6.07) is 3.01. The lowest BCUT2D eigenvalue weighted by Crippen LogP contribution is -2.28. The molecule has 1 aromatic heterocycles. The molecular weight excluding hydrogens is 224 g/mol. The minimum Gasteiger partial charge on any atom is -0.465 e. The van der Waals surface area contributed by atoms with E-state index in [4.69, 9.17) is 10.5 Å². The van der Waals surface area contributed by atoms with Crippen LogP contribution in [0.25, 0.3) is 0 Å². The molecule has 7 heteroatoms. The second kappa shape index (κ2) is 5.78. The van der Waals surface area contributed by atoms with Crippen molar-refractivity contribution < 1.29 is 14.3 Å². The highest BCUT2D eigenvalue weighted by Crippen LogP contribution is 2.06. The molecule has 7 nitrogen and oxygen atoms in total. The normalized spacial score (nSPS) is 9.76. The van der Waals surface area contributed by atoms with Crippen LogP contribution in [0, 0.1) is 0 Å². The fourth-order valence-electron chi connectivity index (χ4n) is 1.14. The first-order valence-corrected chi connectivity index (χ1v) is 5.05. The molecule has 0 unspecified atom stereocenters. The standard InChI is InChI=1S/C10H14N4O3/c1-3-17-9(15)6-14(2)8-5-4-7(10(11)16)12-13-8/h4-5H,3,6H2,1-2H3,(H2,11,16). The second-order valence-corrected chi connectivity index (χ2v) is 3.30. The molecule has 0 saturated carbocycles. The van der Waals surface area contributed by atoms with Crippen LogP contribution in [-0.4, -0.2) is 42.3 Å². The Hall–Kier alpha value is -2.18. The van der Waals surface area contributed by atoms with Crippen molar-refractivity contribution in [3.63, 3.8) is 0 Å². The Bertz CT molecular complexity index is 405. The number of hydrogen-bond donors (Lipinski definition) is 1. The number of nitrogens with two attached hydrogens (primary N) is 1. The highest BCUT2D eigenvalue weighted by atomic mass is 16.5. The van der Waals surface area contributed by atoms with E-state index in [9.17, 15) is 9.59 Å². The van der Waals surface area contributed by atoms with Crippen LogP contribution < -0.4 is 10.6 Å². The Balaban J connectivity index is 2.66. The summed E-state index contributed by atoms with van der Waals surface area (Å²) in [7, 11) is 1.67. The van der Waals surface area contributed by atoms with E-state index in [0.717, 1.165) is 0 Å². The first-order chi connectivity index (χ1) is 8.04. The average Bonchev–Trinajstić information content (AvgIpc) is 2.29. The van der Waals surface area contributed by atoms with Gasteiger partial charge in [-0.05, 0) is 19.1 Å². The number of carbonyl (C=O) groups is 2. The van der Waals surface area contributed by atoms with E-state index in [0.29, 0.717) is 12.4 Å². The summed E-state index contributed by atoms with van der Waals surface area (Å²) in [4.78, 5) is 23.6. The number of hydrogen-bond acceptors (Lipinski definition) is 6. The van der Waals surface area contributed by atoms with Crippen molar-refractivity contribution in [2.75, 3.05) is 25.1 Å². The molecule has 17 heavy (non-hydrogen) atoms. The van der Waals surface area contributed by atoms with Gasteiger partial charge in [0.1, 0.15) is 6.54 Å². The van der Waals surface area contributed by atoms with Gasteiger partial charge in [0, 0.05) is 7.05 Å². The van der Waals surface area contributed by atoms with Gasteiger partial charge in [-0.25, -0.2) is 0 Å². The van der Waals surface area contributed by atoms with Crippen molar-refractivity contribution in [2.24, 2.45) is 5.73 Å². The van der Waals surface area contributed by atoms with Gasteiger partial charge in [0.15, 0.2) is 11.5 Å². The monoisotopic (exact) mass is 238 g/mol. The van der Waals surface area contributed by atoms with Gasteiger partial charge in [0.05, 0.1) is 6.61 Å². The van der Waals surface area contributed by atoms with Gasteiger partial charge in [0.25, 0.3) is 5.91 Å². The zero-order valence-electron chi connectivity index (χ0n) is 9.71. The highest BCUT2D eigenvalue weighted by molar-refractivity contribution is 5.90. The lowest BCUT2D eigenvalue weighted by molar-refractivity contribution is -0.141. The number of ether oxygens (including phenoxy) is 1. The predicted octanol–water partition coefficient (Wildman–Crippen LogP) is -0.425. The molecule has 0 radical (unpaired) electrons. The number of primary amides is 1. The number of aromatic nitrogens is 2. The molecule has 0 saturated heterocycles. The first kappa shape index (κ1) is 12.9. The van der Waals surface area contributed by atoms with Crippen molar-refractivity contribution >= 4 is 17.7 Å². The van der Waals surface area contributed by atoms with E-state index in [1.165, 1.54) is 6.07 Å². The minimum atomic E-state index is -0.642. The number of likely N-dealkylation sites (N-methyl/N-ethyl adjacent to an activating group) is 1. The molecule has 1 heterocycles. The number of carbonyl (C=O) groups excluding carboxylic acids is 2. The van der Waals surface area contributed by atoms with Crippen LogP contribution in [0.1, 0.15) is 17.4 Å². The van der Waals surface area contributed by atoms with Crippen LogP contribution in [0.15, 0.2) is 12.1 Å². The van der Waals surface area contributed by atoms with E-state index < -0.39 is 5.91 Å². The predicted molar refractivity (Wildman–Crippen MR) is 60.5 cm³/mol. The van der Waals surface area contributed by atoms with Crippen molar-refractivity contribution in [1.82, 2.24) is 10.2 Å². The molecule has 0 atom stereocenters. The zero-order chi connectivity index (χ0) is 12.8. The summed E-state index contributed by atoms with van der Waals surface area (Å²) in [6.07, 6.45) is 0. The third kappa shape index (κ3) is 3.71. The number of anilines is 1. The van der Waals surface area contributed by atoms with Gasteiger partial charge in [-0.3, -0.25) is 9.59 Å². The maximum Gasteiger partial charge on any atom is 0.325 e. The first-order valence-electron chi connectivity index (χ1n) is 5.05. The molecule has 0 fully saturated rings. The van der Waals surface area contributed by atoms with Gasteiger partial charge >= 0.3 is 5.97 Å². The van der Waals surface area contributed by atoms with Crippen LogP contribution >= 0.6 is 0 Å². The summed E-state index contributed by atoms with van der Waals surface area (Å²) in [5, 5.41) is 7.41. The summed E-state index contributed by atoms with van der Waals surface area (Å²) < 4.78 is 4.79. The Labute approximate surface area is 98.6 Å². The molecule has 0 aromatic carbocycles. The summed E-state index contributed by atoms with van der Waals surface area (Å²) >= 11 is 0. The molecule has 2 N–H and O–H groups in total. The molecular formula is C10H14N4O3. The molecule has 92 valence electrons. The smallest absolute Gasteiger partial charge is 0.325 e. The largest absolute Gasteiger partial charge is 0.465 e. The van der Waals surface area contributed by atoms with E-state index >= 15 is 0 Å². The third-order valence-electron chi connectivity index (χ3n) is 1.97. The van der Waals surface area contributed by atoms with Crippen LogP contribution in [0.3, 0.4) is 0 Å². The minimum absolute atomic E-state index is 0.0679. The second-order valence-electron chi connectivity index (χ2n) is 3.30. The molecule has 0 bridgehead atoms. The topological polar surface area (TPSA) is 98.4 Å². The maximum atomic E-state index is 11.2. The quantitative estimate of drug-likeness (QED) is 0.699. The average molecular weight is 238 g/mol. The summed E-state index contributed by atoms with van der Waals surface area (Å²) in [6.45, 7) is 2.14. The van der Waals surface area contributed by atoms with Gasteiger partial charge < -0.3 is 15.4 Å². The van der Waals surface area contributed by atoms with Crippen LogP contribution in [0.4, 0.5) is 5.82 Å². The van der Waals surface area contributed by atoms with Crippen LogP contribution in [-0.2, 0) is 9.53 Å². The SMILES string of the molecule is CCOC(=O)CN(C)c1ccc(C(N)=O)nn1. The highest BCUT2D eigenvalue weighted by Gasteiger charge is 2.10. The molecule has 0 aliphatic heterocycles. The van der Waals surface area contributed by atoms with Crippen molar-refractivity contribution in [1.29, 1.82) is 0 Å². The Morgan fingerprint density at radius 3 is 2.59 bits per heavy atom. The Kier molecular flexibility index (Phi) is 4.38. The number of amides is 1. The van der Waals surface area contributed by atoms with E-state index in [1.54, 1.807) is 24.9 Å².